The molecule has 0 saturated heterocycles. The van der Waals surface area contributed by atoms with Crippen molar-refractivity contribution in [3.63, 3.8) is 0 Å². The summed E-state index contributed by atoms with van der Waals surface area (Å²) in [4.78, 5) is 11.4. The lowest BCUT2D eigenvalue weighted by Gasteiger charge is -2.01. The van der Waals surface area contributed by atoms with Crippen LogP contribution in [-0.4, -0.2) is 27.9 Å². The zero-order valence-electron chi connectivity index (χ0n) is 10.2. The molecule has 0 unspecified atom stereocenters. The first-order valence-electron chi connectivity index (χ1n) is 5.61. The third-order valence-corrected chi connectivity index (χ3v) is 2.95. The third-order valence-electron chi connectivity index (χ3n) is 2.17. The zero-order valence-corrected chi connectivity index (χ0v) is 11.0. The van der Waals surface area contributed by atoms with Crippen LogP contribution >= 0.6 is 11.3 Å². The number of aliphatic hydroxyl groups excluding tert-OH is 1. The van der Waals surface area contributed by atoms with E-state index >= 15 is 0 Å². The molecule has 0 bridgehead atoms. The SMILES string of the molecule is CCOC(=O)c1nnc(Oc2ccc(CO)cc2)s1. The zero-order chi connectivity index (χ0) is 13.7. The molecule has 1 aromatic heterocycles. The summed E-state index contributed by atoms with van der Waals surface area (Å²) in [5.41, 5.74) is 0.789. The summed E-state index contributed by atoms with van der Waals surface area (Å²) >= 11 is 1.02. The smallest absolute Gasteiger partial charge is 0.369 e. The van der Waals surface area contributed by atoms with E-state index in [0.717, 1.165) is 16.9 Å². The first-order valence-corrected chi connectivity index (χ1v) is 6.43. The minimum absolute atomic E-state index is 0.0217. The van der Waals surface area contributed by atoms with Crippen LogP contribution in [0.4, 0.5) is 0 Å². The van der Waals surface area contributed by atoms with Crippen LogP contribution in [0.1, 0.15) is 22.3 Å². The summed E-state index contributed by atoms with van der Waals surface area (Å²) in [6.45, 7) is 1.99. The molecule has 0 atom stereocenters. The minimum atomic E-state index is -0.509. The monoisotopic (exact) mass is 280 g/mol. The molecule has 2 rings (SSSR count). The van der Waals surface area contributed by atoms with Crippen molar-refractivity contribution in [1.82, 2.24) is 10.2 Å². The first-order chi connectivity index (χ1) is 9.22. The molecule has 0 aliphatic rings. The molecule has 0 fully saturated rings. The third kappa shape index (κ3) is 3.49. The molecular weight excluding hydrogens is 268 g/mol. The van der Waals surface area contributed by atoms with Gasteiger partial charge in [-0.05, 0) is 36.0 Å². The van der Waals surface area contributed by atoms with Crippen LogP contribution < -0.4 is 4.74 Å². The van der Waals surface area contributed by atoms with Gasteiger partial charge in [-0.25, -0.2) is 4.79 Å². The summed E-state index contributed by atoms with van der Waals surface area (Å²) < 4.78 is 10.2. The molecule has 0 radical (unpaired) electrons. The fraction of sp³-hybridized carbons (Fsp3) is 0.250. The van der Waals surface area contributed by atoms with Gasteiger partial charge in [0.1, 0.15) is 5.75 Å². The molecule has 6 nitrogen and oxygen atoms in total. The standard InChI is InChI=1S/C12H12N2O4S/c1-2-17-11(16)10-13-14-12(19-10)18-9-5-3-8(7-15)4-6-9/h3-6,15H,2,7H2,1H3. The van der Waals surface area contributed by atoms with E-state index in [1.807, 2.05) is 0 Å². The number of hydrogen-bond acceptors (Lipinski definition) is 7. The van der Waals surface area contributed by atoms with Crippen LogP contribution in [0, 0.1) is 0 Å². The van der Waals surface area contributed by atoms with Gasteiger partial charge in [0.15, 0.2) is 0 Å². The number of ether oxygens (including phenoxy) is 2. The topological polar surface area (TPSA) is 81.5 Å². The second kappa shape index (κ2) is 6.26. The molecule has 7 heteroatoms. The number of esters is 1. The van der Waals surface area contributed by atoms with E-state index in [1.165, 1.54) is 0 Å². The van der Waals surface area contributed by atoms with Crippen LogP contribution in [0.2, 0.25) is 0 Å². The Kier molecular flexibility index (Phi) is 4.43. The van der Waals surface area contributed by atoms with Crippen molar-refractivity contribution in [2.24, 2.45) is 0 Å². The number of rotatable bonds is 5. The predicted octanol–water partition coefficient (Wildman–Crippen LogP) is 2.00. The Hall–Kier alpha value is -1.99. The molecule has 100 valence electrons. The lowest BCUT2D eigenvalue weighted by molar-refractivity contribution is 0.0525. The van der Waals surface area contributed by atoms with Crippen LogP contribution in [0.25, 0.3) is 0 Å². The van der Waals surface area contributed by atoms with E-state index in [2.05, 4.69) is 10.2 Å². The number of carbonyl (C=O) groups excluding carboxylic acids is 1. The van der Waals surface area contributed by atoms with Gasteiger partial charge in [0, 0.05) is 0 Å². The summed E-state index contributed by atoms with van der Waals surface area (Å²) in [5.74, 6) is 0.0502. The molecule has 19 heavy (non-hydrogen) atoms. The van der Waals surface area contributed by atoms with Crippen molar-refractivity contribution in [3.8, 4) is 10.9 Å². The first kappa shape index (κ1) is 13.4. The van der Waals surface area contributed by atoms with Gasteiger partial charge in [0.05, 0.1) is 13.2 Å². The fourth-order valence-corrected chi connectivity index (χ4v) is 1.90. The van der Waals surface area contributed by atoms with Crippen LogP contribution in [-0.2, 0) is 11.3 Å². The second-order valence-corrected chi connectivity index (χ2v) is 4.44. The Balaban J connectivity index is 2.04. The van der Waals surface area contributed by atoms with Gasteiger partial charge in [-0.2, -0.15) is 0 Å². The lowest BCUT2D eigenvalue weighted by atomic mass is 10.2. The summed E-state index contributed by atoms with van der Waals surface area (Å²) in [5, 5.41) is 16.8. The Labute approximate surface area is 113 Å². The van der Waals surface area contributed by atoms with Crippen molar-refractivity contribution < 1.29 is 19.4 Å². The molecule has 0 spiro atoms. The average Bonchev–Trinajstić information content (AvgIpc) is 2.88. The Morgan fingerprint density at radius 1 is 1.32 bits per heavy atom. The van der Waals surface area contributed by atoms with Gasteiger partial charge in [-0.3, -0.25) is 0 Å². The van der Waals surface area contributed by atoms with Gasteiger partial charge < -0.3 is 14.6 Å². The second-order valence-electron chi connectivity index (χ2n) is 3.50. The maximum Gasteiger partial charge on any atom is 0.369 e. The minimum Gasteiger partial charge on any atom is -0.461 e. The molecule has 1 heterocycles. The van der Waals surface area contributed by atoms with Gasteiger partial charge in [-0.15, -0.1) is 5.10 Å². The Morgan fingerprint density at radius 2 is 2.05 bits per heavy atom. The summed E-state index contributed by atoms with van der Waals surface area (Å²) in [6, 6.07) is 6.89. The normalized spacial score (nSPS) is 10.2. The van der Waals surface area contributed by atoms with Crippen molar-refractivity contribution in [2.75, 3.05) is 6.61 Å². The Morgan fingerprint density at radius 3 is 2.68 bits per heavy atom. The van der Waals surface area contributed by atoms with E-state index < -0.39 is 5.97 Å². The highest BCUT2D eigenvalue weighted by molar-refractivity contribution is 7.14. The highest BCUT2D eigenvalue weighted by Gasteiger charge is 2.14. The van der Waals surface area contributed by atoms with Crippen molar-refractivity contribution in [1.29, 1.82) is 0 Å². The van der Waals surface area contributed by atoms with Crippen molar-refractivity contribution >= 4 is 17.3 Å². The number of carbonyl (C=O) groups is 1. The maximum atomic E-state index is 11.4. The van der Waals surface area contributed by atoms with Gasteiger partial charge in [-0.1, -0.05) is 17.2 Å². The molecule has 2 aromatic rings. The predicted molar refractivity (Wildman–Crippen MR) is 68.3 cm³/mol. The van der Waals surface area contributed by atoms with E-state index in [1.54, 1.807) is 31.2 Å². The Bertz CT molecular complexity index is 553. The highest BCUT2D eigenvalue weighted by atomic mass is 32.1. The van der Waals surface area contributed by atoms with Crippen LogP contribution in [0.3, 0.4) is 0 Å². The maximum absolute atomic E-state index is 11.4. The van der Waals surface area contributed by atoms with Gasteiger partial charge in [0.2, 0.25) is 5.01 Å². The molecule has 0 aliphatic carbocycles. The number of aliphatic hydroxyl groups is 1. The fourth-order valence-electron chi connectivity index (χ4n) is 1.29. The van der Waals surface area contributed by atoms with Crippen LogP contribution in [0.15, 0.2) is 24.3 Å². The van der Waals surface area contributed by atoms with Gasteiger partial charge >= 0.3 is 5.97 Å². The van der Waals surface area contributed by atoms with Crippen molar-refractivity contribution in [2.45, 2.75) is 13.5 Å². The largest absolute Gasteiger partial charge is 0.461 e. The van der Waals surface area contributed by atoms with Gasteiger partial charge in [0.25, 0.3) is 5.19 Å². The van der Waals surface area contributed by atoms with E-state index in [4.69, 9.17) is 14.6 Å². The number of nitrogens with zero attached hydrogens (tertiary/aromatic N) is 2. The van der Waals surface area contributed by atoms with E-state index in [-0.39, 0.29) is 23.4 Å². The quantitative estimate of drug-likeness (QED) is 0.844. The molecule has 1 N–H and O–H groups in total. The van der Waals surface area contributed by atoms with E-state index in [0.29, 0.717) is 5.75 Å². The average molecular weight is 280 g/mol. The number of hydrogen-bond donors (Lipinski definition) is 1. The molecule has 0 amide bonds. The molecule has 1 aromatic carbocycles. The summed E-state index contributed by atoms with van der Waals surface area (Å²) in [7, 11) is 0. The van der Waals surface area contributed by atoms with E-state index in [9.17, 15) is 4.79 Å². The lowest BCUT2D eigenvalue weighted by Crippen LogP contribution is -2.03. The van der Waals surface area contributed by atoms with Crippen LogP contribution in [0.5, 0.6) is 10.9 Å². The molecular formula is C12H12N2O4S. The summed E-state index contributed by atoms with van der Waals surface area (Å²) in [6.07, 6.45) is 0. The number of aromatic nitrogens is 2. The molecule has 0 aliphatic heterocycles. The highest BCUT2D eigenvalue weighted by Crippen LogP contribution is 2.25. The molecule has 0 saturated carbocycles. The number of benzene rings is 1. The van der Waals surface area contributed by atoms with Crippen molar-refractivity contribution in [3.05, 3.63) is 34.8 Å².